The first-order chi connectivity index (χ1) is 15.6. The summed E-state index contributed by atoms with van der Waals surface area (Å²) in [5, 5.41) is 1.29. The number of hydrogen-bond acceptors (Lipinski definition) is 7. The molecule has 7 nitrogen and oxygen atoms in total. The van der Waals surface area contributed by atoms with E-state index in [-0.39, 0.29) is 12.5 Å². The molecule has 1 amide bonds. The topological polar surface area (TPSA) is 64.1 Å². The second kappa shape index (κ2) is 11.0. The van der Waals surface area contributed by atoms with Crippen LogP contribution in [0.1, 0.15) is 6.42 Å². The second-order valence-electron chi connectivity index (χ2n) is 7.43. The normalized spacial score (nSPS) is 14.4. The van der Waals surface area contributed by atoms with E-state index in [2.05, 4.69) is 4.90 Å². The molecule has 1 fully saturated rings. The number of methoxy groups -OCH3 is 1. The molecule has 4 rings (SSSR count). The van der Waals surface area contributed by atoms with E-state index in [0.717, 1.165) is 55.2 Å². The molecule has 0 atom stereocenters. The van der Waals surface area contributed by atoms with Crippen molar-refractivity contribution < 1.29 is 19.0 Å². The van der Waals surface area contributed by atoms with Crippen LogP contribution in [0, 0.1) is 0 Å². The summed E-state index contributed by atoms with van der Waals surface area (Å²) in [5.74, 6) is 1.21. The Morgan fingerprint density at radius 3 is 2.69 bits per heavy atom. The Morgan fingerprint density at radius 2 is 1.94 bits per heavy atom. The molecule has 0 unspecified atom stereocenters. The van der Waals surface area contributed by atoms with Crippen LogP contribution in [0.5, 0.6) is 11.5 Å². The number of rotatable bonds is 9. The van der Waals surface area contributed by atoms with Gasteiger partial charge in [-0.25, -0.2) is 4.98 Å². The van der Waals surface area contributed by atoms with Gasteiger partial charge in [0.1, 0.15) is 11.5 Å². The fraction of sp³-hybridized carbons (Fsp3) is 0.391. The lowest BCUT2D eigenvalue weighted by Gasteiger charge is -2.27. The molecule has 170 valence electrons. The van der Waals surface area contributed by atoms with Gasteiger partial charge in [-0.3, -0.25) is 14.6 Å². The standard InChI is InChI=1S/C23H26ClN3O4S/c1-29-19-7-8-21-20(15-19)25-23(32-21)27(10-2-9-26-11-13-30-14-12-26)22(28)16-31-18-5-3-17(24)4-6-18/h3-8,15H,2,9-14,16H2,1H3. The van der Waals surface area contributed by atoms with Gasteiger partial charge < -0.3 is 14.2 Å². The summed E-state index contributed by atoms with van der Waals surface area (Å²) in [5.41, 5.74) is 0.814. The summed E-state index contributed by atoms with van der Waals surface area (Å²) in [7, 11) is 1.63. The molecule has 0 bridgehead atoms. The number of nitrogens with zero attached hydrogens (tertiary/aromatic N) is 3. The van der Waals surface area contributed by atoms with Crippen LogP contribution < -0.4 is 14.4 Å². The Hall–Kier alpha value is -2.39. The first-order valence-corrected chi connectivity index (χ1v) is 11.8. The highest BCUT2D eigenvalue weighted by molar-refractivity contribution is 7.22. The van der Waals surface area contributed by atoms with Crippen molar-refractivity contribution in [1.29, 1.82) is 0 Å². The van der Waals surface area contributed by atoms with Crippen molar-refractivity contribution in [3.8, 4) is 11.5 Å². The molecule has 9 heteroatoms. The Balaban J connectivity index is 1.47. The molecular weight excluding hydrogens is 450 g/mol. The summed E-state index contributed by atoms with van der Waals surface area (Å²) in [6.45, 7) is 4.77. The Kier molecular flexibility index (Phi) is 7.81. The molecule has 1 saturated heterocycles. The minimum absolute atomic E-state index is 0.0710. The van der Waals surface area contributed by atoms with Crippen molar-refractivity contribution in [3.63, 3.8) is 0 Å². The Morgan fingerprint density at radius 1 is 1.19 bits per heavy atom. The summed E-state index contributed by atoms with van der Waals surface area (Å²) < 4.78 is 17.4. The molecule has 0 saturated carbocycles. The highest BCUT2D eigenvalue weighted by Crippen LogP contribution is 2.31. The number of morpholine rings is 1. The Labute approximate surface area is 196 Å². The third-order valence-corrected chi connectivity index (χ3v) is 6.56. The number of thiazole rings is 1. The molecule has 2 heterocycles. The summed E-state index contributed by atoms with van der Waals surface area (Å²) in [6.07, 6.45) is 0.839. The number of benzene rings is 2. The minimum atomic E-state index is -0.132. The lowest BCUT2D eigenvalue weighted by molar-refractivity contribution is -0.120. The summed E-state index contributed by atoms with van der Waals surface area (Å²) in [6, 6.07) is 12.7. The average molecular weight is 476 g/mol. The zero-order valence-corrected chi connectivity index (χ0v) is 19.5. The summed E-state index contributed by atoms with van der Waals surface area (Å²) >= 11 is 7.42. The molecular formula is C23H26ClN3O4S. The van der Waals surface area contributed by atoms with Crippen LogP contribution in [-0.4, -0.2) is 68.9 Å². The third kappa shape index (κ3) is 5.89. The van der Waals surface area contributed by atoms with Gasteiger partial charge in [0.05, 0.1) is 30.5 Å². The lowest BCUT2D eigenvalue weighted by Crippen LogP contribution is -2.40. The average Bonchev–Trinajstić information content (AvgIpc) is 3.24. The monoisotopic (exact) mass is 475 g/mol. The van der Waals surface area contributed by atoms with Gasteiger partial charge in [0.2, 0.25) is 0 Å². The highest BCUT2D eigenvalue weighted by Gasteiger charge is 2.21. The molecule has 1 aromatic heterocycles. The van der Waals surface area contributed by atoms with Crippen molar-refractivity contribution in [2.75, 3.05) is 58.0 Å². The Bertz CT molecular complexity index is 1040. The quantitative estimate of drug-likeness (QED) is 0.464. The maximum absolute atomic E-state index is 13.1. The van der Waals surface area contributed by atoms with Gasteiger partial charge in [-0.2, -0.15) is 0 Å². The SMILES string of the molecule is COc1ccc2sc(N(CCCN3CCOCC3)C(=O)COc3ccc(Cl)cc3)nc2c1. The van der Waals surface area contributed by atoms with Crippen molar-refractivity contribution in [1.82, 2.24) is 9.88 Å². The van der Waals surface area contributed by atoms with E-state index < -0.39 is 0 Å². The van der Waals surface area contributed by atoms with E-state index in [1.54, 1.807) is 36.3 Å². The maximum Gasteiger partial charge on any atom is 0.266 e. The van der Waals surface area contributed by atoms with Crippen molar-refractivity contribution >= 4 is 44.2 Å². The fourth-order valence-electron chi connectivity index (χ4n) is 3.50. The zero-order valence-electron chi connectivity index (χ0n) is 18.0. The molecule has 1 aliphatic rings. The molecule has 0 spiro atoms. The number of aromatic nitrogens is 1. The molecule has 0 N–H and O–H groups in total. The van der Waals surface area contributed by atoms with Crippen LogP contribution in [0.2, 0.25) is 5.02 Å². The highest BCUT2D eigenvalue weighted by atomic mass is 35.5. The number of halogens is 1. The van der Waals surface area contributed by atoms with Gasteiger partial charge >= 0.3 is 0 Å². The van der Waals surface area contributed by atoms with E-state index in [1.807, 2.05) is 18.2 Å². The van der Waals surface area contributed by atoms with E-state index in [1.165, 1.54) is 11.3 Å². The summed E-state index contributed by atoms with van der Waals surface area (Å²) in [4.78, 5) is 22.0. The zero-order chi connectivity index (χ0) is 22.3. The number of carbonyl (C=O) groups is 1. The third-order valence-electron chi connectivity index (χ3n) is 5.25. The smallest absolute Gasteiger partial charge is 0.266 e. The van der Waals surface area contributed by atoms with Crippen molar-refractivity contribution in [2.24, 2.45) is 0 Å². The van der Waals surface area contributed by atoms with Crippen LogP contribution >= 0.6 is 22.9 Å². The molecule has 1 aliphatic heterocycles. The van der Waals surface area contributed by atoms with Crippen LogP contribution in [0.15, 0.2) is 42.5 Å². The van der Waals surface area contributed by atoms with Crippen LogP contribution in [0.4, 0.5) is 5.13 Å². The number of amides is 1. The van der Waals surface area contributed by atoms with Gasteiger partial charge in [0.25, 0.3) is 5.91 Å². The largest absolute Gasteiger partial charge is 0.497 e. The van der Waals surface area contributed by atoms with Crippen LogP contribution in [0.3, 0.4) is 0 Å². The van der Waals surface area contributed by atoms with Gasteiger partial charge in [-0.05, 0) is 42.8 Å². The van der Waals surface area contributed by atoms with Gasteiger partial charge in [0.15, 0.2) is 11.7 Å². The van der Waals surface area contributed by atoms with Crippen molar-refractivity contribution in [2.45, 2.75) is 6.42 Å². The fourth-order valence-corrected chi connectivity index (χ4v) is 4.61. The van der Waals surface area contributed by atoms with Gasteiger partial charge in [-0.15, -0.1) is 0 Å². The van der Waals surface area contributed by atoms with E-state index in [0.29, 0.717) is 22.4 Å². The van der Waals surface area contributed by atoms with E-state index in [4.69, 9.17) is 30.8 Å². The predicted molar refractivity (Wildman–Crippen MR) is 127 cm³/mol. The number of anilines is 1. The first kappa shape index (κ1) is 22.8. The lowest BCUT2D eigenvalue weighted by atomic mass is 10.3. The number of fused-ring (bicyclic) bond motifs is 1. The molecule has 2 aromatic carbocycles. The van der Waals surface area contributed by atoms with Crippen LogP contribution in [-0.2, 0) is 9.53 Å². The van der Waals surface area contributed by atoms with E-state index >= 15 is 0 Å². The number of carbonyl (C=O) groups excluding carboxylic acids is 1. The molecule has 32 heavy (non-hydrogen) atoms. The number of hydrogen-bond donors (Lipinski definition) is 0. The molecule has 3 aromatic rings. The van der Waals surface area contributed by atoms with Gasteiger partial charge in [-0.1, -0.05) is 22.9 Å². The van der Waals surface area contributed by atoms with E-state index in [9.17, 15) is 4.79 Å². The van der Waals surface area contributed by atoms with Crippen LogP contribution in [0.25, 0.3) is 10.2 Å². The second-order valence-corrected chi connectivity index (χ2v) is 8.87. The van der Waals surface area contributed by atoms with Gasteiger partial charge in [0, 0.05) is 37.3 Å². The van der Waals surface area contributed by atoms with Crippen molar-refractivity contribution in [3.05, 3.63) is 47.5 Å². The maximum atomic E-state index is 13.1. The molecule has 0 radical (unpaired) electrons. The predicted octanol–water partition coefficient (Wildman–Crippen LogP) is 4.09. The minimum Gasteiger partial charge on any atom is -0.497 e. The number of ether oxygens (including phenoxy) is 3. The first-order valence-electron chi connectivity index (χ1n) is 10.6. The molecule has 0 aliphatic carbocycles.